The first kappa shape index (κ1) is 20.8. The highest BCUT2D eigenvalue weighted by Gasteiger charge is 2.35. The van der Waals surface area contributed by atoms with Crippen LogP contribution in [0.2, 0.25) is 0 Å². The fraction of sp³-hybridized carbons (Fsp3) is 0.176. The van der Waals surface area contributed by atoms with Gasteiger partial charge in [0, 0.05) is 30.8 Å². The van der Waals surface area contributed by atoms with Crippen LogP contribution in [0.3, 0.4) is 0 Å². The van der Waals surface area contributed by atoms with Crippen LogP contribution < -0.4 is 11.2 Å². The van der Waals surface area contributed by atoms with Gasteiger partial charge in [-0.3, -0.25) is 14.4 Å². The van der Waals surface area contributed by atoms with Gasteiger partial charge in [0.2, 0.25) is 0 Å². The third-order valence-electron chi connectivity index (χ3n) is 3.72. The fourth-order valence-electron chi connectivity index (χ4n) is 2.35. The Kier molecular flexibility index (Phi) is 5.67. The van der Waals surface area contributed by atoms with Gasteiger partial charge < -0.3 is 4.74 Å². The van der Waals surface area contributed by atoms with Crippen LogP contribution in [0.1, 0.15) is 11.3 Å². The number of ether oxygens (including phenoxy) is 1. The summed E-state index contributed by atoms with van der Waals surface area (Å²) in [6, 6.07) is 1.99. The van der Waals surface area contributed by atoms with Crippen molar-refractivity contribution < 1.29 is 27.1 Å². The minimum absolute atomic E-state index is 0.0295. The lowest BCUT2D eigenvalue weighted by Gasteiger charge is -2.15. The summed E-state index contributed by atoms with van der Waals surface area (Å²) in [7, 11) is 1.93. The van der Waals surface area contributed by atoms with Crippen LogP contribution in [0, 0.1) is 5.82 Å². The Morgan fingerprint density at radius 2 is 1.89 bits per heavy atom. The van der Waals surface area contributed by atoms with E-state index < -0.39 is 40.6 Å². The number of esters is 1. The van der Waals surface area contributed by atoms with Gasteiger partial charge in [0.1, 0.15) is 11.5 Å². The van der Waals surface area contributed by atoms with Crippen molar-refractivity contribution in [2.24, 2.45) is 12.0 Å². The molecule has 1 aromatic heterocycles. The molecule has 2 aromatic rings. The number of aromatic nitrogens is 2. The maximum atomic E-state index is 14.5. The topological polar surface area (TPSA) is 82.7 Å². The lowest BCUT2D eigenvalue weighted by molar-refractivity contribution is -0.144. The normalized spacial score (nSPS) is 11.6. The number of carbonyl (C=O) groups excluding carboxylic acids is 1. The van der Waals surface area contributed by atoms with Crippen molar-refractivity contribution in [3.63, 3.8) is 0 Å². The minimum atomic E-state index is -4.95. The molecule has 0 unspecified atom stereocenters. The highest BCUT2D eigenvalue weighted by molar-refractivity contribution is 5.88. The van der Waals surface area contributed by atoms with E-state index in [0.717, 1.165) is 32.4 Å². The van der Waals surface area contributed by atoms with Crippen molar-refractivity contribution in [3.05, 3.63) is 62.2 Å². The number of methoxy groups -OCH3 is 1. The first-order valence-electron chi connectivity index (χ1n) is 7.48. The smallest absolute Gasteiger partial charge is 0.431 e. The van der Waals surface area contributed by atoms with E-state index in [2.05, 4.69) is 16.4 Å². The molecule has 0 aliphatic heterocycles. The molecule has 7 nitrogen and oxygen atoms in total. The van der Waals surface area contributed by atoms with Crippen molar-refractivity contribution in [1.82, 2.24) is 9.13 Å². The maximum Gasteiger partial charge on any atom is 0.431 e. The Bertz CT molecular complexity index is 1100. The van der Waals surface area contributed by atoms with Gasteiger partial charge in [0.15, 0.2) is 0 Å². The number of benzene rings is 1. The summed E-state index contributed by atoms with van der Waals surface area (Å²) in [5, 5.41) is 0. The summed E-state index contributed by atoms with van der Waals surface area (Å²) in [6.07, 6.45) is -2.81. The maximum absolute atomic E-state index is 14.5. The number of aliphatic imine (C=N–C) groups is 1. The zero-order chi connectivity index (χ0) is 21.2. The Balaban J connectivity index is 2.79. The Hall–Kier alpha value is -3.50. The predicted molar refractivity (Wildman–Crippen MR) is 92.5 cm³/mol. The van der Waals surface area contributed by atoms with Gasteiger partial charge in [-0.05, 0) is 18.9 Å². The first-order chi connectivity index (χ1) is 13.0. The van der Waals surface area contributed by atoms with Crippen LogP contribution >= 0.6 is 0 Å². The van der Waals surface area contributed by atoms with E-state index in [1.54, 1.807) is 0 Å². The molecule has 0 spiro atoms. The van der Waals surface area contributed by atoms with E-state index >= 15 is 0 Å². The Labute approximate surface area is 154 Å². The third-order valence-corrected chi connectivity index (χ3v) is 3.72. The van der Waals surface area contributed by atoms with Crippen molar-refractivity contribution in [2.75, 3.05) is 7.11 Å². The molecule has 0 amide bonds. The second kappa shape index (κ2) is 7.62. The predicted octanol–water partition coefficient (Wildman–Crippen LogP) is 2.21. The highest BCUT2D eigenvalue weighted by atomic mass is 19.4. The second-order valence-corrected chi connectivity index (χ2v) is 5.42. The number of rotatable bonds is 4. The SMILES string of the molecule is C=Nc1cc(F)c(-n2c(=O)cc(C(F)(F)F)n(C)c2=O)cc1/C=C\C(=O)OC. The van der Waals surface area contributed by atoms with Gasteiger partial charge in [0.25, 0.3) is 5.56 Å². The number of halogens is 4. The molecule has 1 heterocycles. The molecule has 28 heavy (non-hydrogen) atoms. The average Bonchev–Trinajstić information content (AvgIpc) is 2.63. The van der Waals surface area contributed by atoms with Gasteiger partial charge in [0.05, 0.1) is 18.5 Å². The number of hydrogen-bond acceptors (Lipinski definition) is 5. The Morgan fingerprint density at radius 3 is 2.43 bits per heavy atom. The molecule has 0 atom stereocenters. The molecular formula is C17H13F4N3O4. The van der Waals surface area contributed by atoms with Crippen molar-refractivity contribution in [2.45, 2.75) is 6.18 Å². The van der Waals surface area contributed by atoms with Crippen LogP contribution in [0.5, 0.6) is 0 Å². The second-order valence-electron chi connectivity index (χ2n) is 5.42. The average molecular weight is 399 g/mol. The number of hydrogen-bond donors (Lipinski definition) is 0. The number of alkyl halides is 3. The summed E-state index contributed by atoms with van der Waals surface area (Å²) >= 11 is 0. The molecule has 0 saturated carbocycles. The van der Waals surface area contributed by atoms with E-state index in [9.17, 15) is 31.9 Å². The molecule has 11 heteroatoms. The zero-order valence-corrected chi connectivity index (χ0v) is 14.6. The highest BCUT2D eigenvalue weighted by Crippen LogP contribution is 2.28. The molecule has 0 N–H and O–H groups in total. The van der Waals surface area contributed by atoms with Crippen LogP contribution in [-0.2, 0) is 22.8 Å². The lowest BCUT2D eigenvalue weighted by Crippen LogP contribution is -2.41. The molecule has 0 saturated heterocycles. The molecule has 148 valence electrons. The summed E-state index contributed by atoms with van der Waals surface area (Å²) in [6.45, 7) is 3.24. The molecule has 0 radical (unpaired) electrons. The van der Waals surface area contributed by atoms with Crippen LogP contribution in [-0.4, -0.2) is 28.9 Å². The Morgan fingerprint density at radius 1 is 1.25 bits per heavy atom. The van der Waals surface area contributed by atoms with Crippen molar-refractivity contribution >= 4 is 24.5 Å². The number of carbonyl (C=O) groups is 1. The summed E-state index contributed by atoms with van der Waals surface area (Å²) in [5.74, 6) is -1.85. The molecule has 1 aromatic carbocycles. The number of nitrogens with zero attached hydrogens (tertiary/aromatic N) is 3. The van der Waals surface area contributed by atoms with Crippen molar-refractivity contribution in [3.8, 4) is 5.69 Å². The van der Waals surface area contributed by atoms with E-state index in [0.29, 0.717) is 0 Å². The molecule has 0 fully saturated rings. The largest absolute Gasteiger partial charge is 0.466 e. The minimum Gasteiger partial charge on any atom is -0.466 e. The van der Waals surface area contributed by atoms with Gasteiger partial charge in [-0.15, -0.1) is 0 Å². The molecule has 0 bridgehead atoms. The van der Waals surface area contributed by atoms with Crippen molar-refractivity contribution in [1.29, 1.82) is 0 Å². The third kappa shape index (κ3) is 3.92. The van der Waals surface area contributed by atoms with Gasteiger partial charge in [-0.25, -0.2) is 18.5 Å². The summed E-state index contributed by atoms with van der Waals surface area (Å²) in [4.78, 5) is 39.3. The summed E-state index contributed by atoms with van der Waals surface area (Å²) < 4.78 is 58.1. The molecule has 0 aliphatic rings. The molecule has 2 rings (SSSR count). The monoisotopic (exact) mass is 399 g/mol. The van der Waals surface area contributed by atoms with Crippen LogP contribution in [0.25, 0.3) is 11.8 Å². The van der Waals surface area contributed by atoms with E-state index in [-0.39, 0.29) is 26.5 Å². The lowest BCUT2D eigenvalue weighted by atomic mass is 10.1. The van der Waals surface area contributed by atoms with E-state index in [1.807, 2.05) is 0 Å². The van der Waals surface area contributed by atoms with E-state index in [1.165, 1.54) is 6.08 Å². The van der Waals surface area contributed by atoms with Gasteiger partial charge >= 0.3 is 17.8 Å². The van der Waals surface area contributed by atoms with Crippen LogP contribution in [0.4, 0.5) is 23.2 Å². The fourth-order valence-corrected chi connectivity index (χ4v) is 2.35. The molecular weight excluding hydrogens is 386 g/mol. The van der Waals surface area contributed by atoms with Crippen LogP contribution in [0.15, 0.2) is 38.9 Å². The van der Waals surface area contributed by atoms with E-state index in [4.69, 9.17) is 0 Å². The van der Waals surface area contributed by atoms with Gasteiger partial charge in [-0.2, -0.15) is 13.2 Å². The quantitative estimate of drug-likeness (QED) is 0.342. The molecule has 0 aliphatic carbocycles. The summed E-state index contributed by atoms with van der Waals surface area (Å²) in [5.41, 5.74) is -4.83. The zero-order valence-electron chi connectivity index (χ0n) is 14.6. The van der Waals surface area contributed by atoms with Gasteiger partial charge in [-0.1, -0.05) is 0 Å². The standard InChI is InChI=1S/C17H13F4N3O4/c1-22-11-7-10(18)12(6-9(11)4-5-15(26)28-3)24-14(25)8-13(17(19,20)21)23(2)16(24)27/h4-8H,1H2,2-3H3/b5-4-. The first-order valence-corrected chi connectivity index (χ1v) is 7.48.